The van der Waals surface area contributed by atoms with E-state index in [1.165, 1.54) is 23.1 Å². The largest absolute Gasteiger partial charge is 0.315 e. The second kappa shape index (κ2) is 4.70. The number of amides is 1. The molecule has 0 aliphatic heterocycles. The highest BCUT2D eigenvalue weighted by molar-refractivity contribution is 8.00. The van der Waals surface area contributed by atoms with Gasteiger partial charge in [0.05, 0.1) is 0 Å². The highest BCUT2D eigenvalue weighted by atomic mass is 32.2. The first kappa shape index (κ1) is 11.4. The predicted octanol–water partition coefficient (Wildman–Crippen LogP) is 2.38. The maximum atomic E-state index is 11.9. The monoisotopic (exact) mass is 238 g/mol. The number of aromatic nitrogens is 1. The van der Waals surface area contributed by atoms with Crippen LogP contribution in [0.4, 0.5) is 14.6 Å². The molecule has 3 nitrogen and oxygen atoms in total. The lowest BCUT2D eigenvalue weighted by Crippen LogP contribution is -2.20. The van der Waals surface area contributed by atoms with Crippen LogP contribution in [-0.4, -0.2) is 23.6 Å². The van der Waals surface area contributed by atoms with Gasteiger partial charge in [-0.05, 0) is 13.2 Å². The number of aryl methyl sites for hydroxylation is 1. The van der Waals surface area contributed by atoms with Gasteiger partial charge in [-0.15, -0.1) is 11.3 Å². The van der Waals surface area contributed by atoms with Gasteiger partial charge in [-0.1, -0.05) is 11.8 Å². The first-order chi connectivity index (χ1) is 6.54. The predicted molar refractivity (Wildman–Crippen MR) is 53.3 cm³/mol. The third-order valence-corrected chi connectivity index (χ3v) is 3.35. The van der Waals surface area contributed by atoms with Crippen molar-refractivity contribution in [3.05, 3.63) is 4.88 Å². The molecule has 0 radical (unpaired) electrons. The zero-order chi connectivity index (χ0) is 10.7. The fourth-order valence-electron chi connectivity index (χ4n) is 0.747. The molecule has 1 heterocycles. The number of nitrogens with zero attached hydrogens (tertiary/aromatic N) is 1. The van der Waals surface area contributed by atoms with E-state index >= 15 is 0 Å². The maximum absolute atomic E-state index is 11.9. The number of alkyl halides is 2. The van der Waals surface area contributed by atoms with Crippen LogP contribution in [-0.2, 0) is 4.79 Å². The third-order valence-electron chi connectivity index (χ3n) is 1.39. The summed E-state index contributed by atoms with van der Waals surface area (Å²) < 4.78 is 24.5. The summed E-state index contributed by atoms with van der Waals surface area (Å²) in [7, 11) is 0. The summed E-state index contributed by atoms with van der Waals surface area (Å²) in [5.74, 6) is -1.09. The molecule has 1 aromatic rings. The molecule has 0 bridgehead atoms. The average molecular weight is 238 g/mol. The highest BCUT2D eigenvalue weighted by Crippen LogP contribution is 2.28. The molecule has 1 N–H and O–H groups in total. The van der Waals surface area contributed by atoms with Crippen LogP contribution in [0.15, 0.2) is 4.34 Å². The summed E-state index contributed by atoms with van der Waals surface area (Å²) in [6.07, 6.45) is -1.18. The van der Waals surface area contributed by atoms with Gasteiger partial charge in [0, 0.05) is 4.88 Å². The lowest BCUT2D eigenvalue weighted by atomic mass is 10.5. The van der Waals surface area contributed by atoms with E-state index in [0.29, 0.717) is 0 Å². The SMILES string of the molecule is CSc1nc(NC(=O)C(F)F)c(C)s1. The Morgan fingerprint density at radius 3 is 2.71 bits per heavy atom. The molecular weight excluding hydrogens is 230 g/mol. The number of thiazole rings is 1. The molecule has 0 aromatic carbocycles. The van der Waals surface area contributed by atoms with Gasteiger partial charge >= 0.3 is 6.43 Å². The van der Waals surface area contributed by atoms with Crippen molar-refractivity contribution in [2.24, 2.45) is 0 Å². The Hall–Kier alpha value is -0.690. The molecular formula is C7H8F2N2OS2. The number of hydrogen-bond donors (Lipinski definition) is 1. The van der Waals surface area contributed by atoms with E-state index in [2.05, 4.69) is 10.3 Å². The van der Waals surface area contributed by atoms with Gasteiger partial charge in [-0.3, -0.25) is 4.79 Å². The molecule has 1 amide bonds. The van der Waals surface area contributed by atoms with Crippen LogP contribution in [0.25, 0.3) is 0 Å². The number of carbonyl (C=O) groups excluding carboxylic acids is 1. The van der Waals surface area contributed by atoms with Crippen molar-refractivity contribution in [1.82, 2.24) is 4.98 Å². The molecule has 0 fully saturated rings. The lowest BCUT2D eigenvalue weighted by molar-refractivity contribution is -0.126. The van der Waals surface area contributed by atoms with E-state index in [1.54, 1.807) is 6.92 Å². The summed E-state index contributed by atoms with van der Waals surface area (Å²) in [6.45, 7) is 1.72. The van der Waals surface area contributed by atoms with Crippen molar-refractivity contribution >= 4 is 34.8 Å². The minimum absolute atomic E-state index is 0.227. The van der Waals surface area contributed by atoms with Crippen molar-refractivity contribution in [3.63, 3.8) is 0 Å². The van der Waals surface area contributed by atoms with E-state index < -0.39 is 12.3 Å². The topological polar surface area (TPSA) is 42.0 Å². The van der Waals surface area contributed by atoms with E-state index in [0.717, 1.165) is 9.22 Å². The maximum Gasteiger partial charge on any atom is 0.315 e. The first-order valence-corrected chi connectivity index (χ1v) is 5.69. The van der Waals surface area contributed by atoms with E-state index in [-0.39, 0.29) is 5.82 Å². The first-order valence-electron chi connectivity index (χ1n) is 3.65. The summed E-state index contributed by atoms with van der Waals surface area (Å²) in [5, 5.41) is 2.06. The highest BCUT2D eigenvalue weighted by Gasteiger charge is 2.17. The van der Waals surface area contributed by atoms with Crippen molar-refractivity contribution in [2.75, 3.05) is 11.6 Å². The summed E-state index contributed by atoms with van der Waals surface area (Å²) >= 11 is 2.77. The van der Waals surface area contributed by atoms with Gasteiger partial charge in [0.1, 0.15) is 5.82 Å². The second-order valence-electron chi connectivity index (χ2n) is 2.38. The zero-order valence-electron chi connectivity index (χ0n) is 7.51. The number of nitrogens with one attached hydrogen (secondary N) is 1. The van der Waals surface area contributed by atoms with Crippen LogP contribution < -0.4 is 5.32 Å². The molecule has 1 rings (SSSR count). The van der Waals surface area contributed by atoms with Crippen molar-refractivity contribution in [1.29, 1.82) is 0 Å². The minimum atomic E-state index is -3.01. The molecule has 0 spiro atoms. The van der Waals surface area contributed by atoms with Gasteiger partial charge in [-0.2, -0.15) is 8.78 Å². The number of rotatable bonds is 3. The Morgan fingerprint density at radius 2 is 2.29 bits per heavy atom. The smallest absolute Gasteiger partial charge is 0.305 e. The van der Waals surface area contributed by atoms with Gasteiger partial charge in [0.15, 0.2) is 4.34 Å². The van der Waals surface area contributed by atoms with E-state index in [1.807, 2.05) is 6.26 Å². The quantitative estimate of drug-likeness (QED) is 0.822. The number of hydrogen-bond acceptors (Lipinski definition) is 4. The molecule has 0 unspecified atom stereocenters. The standard InChI is InChI=1S/C7H8F2N2OS2/c1-3-5(10-6(12)4(8)9)11-7(13-2)14-3/h4H,1-2H3,(H,10,12). The molecule has 7 heteroatoms. The van der Waals surface area contributed by atoms with Gasteiger partial charge < -0.3 is 5.32 Å². The number of halogens is 2. The van der Waals surface area contributed by atoms with Crippen molar-refractivity contribution < 1.29 is 13.6 Å². The fourth-order valence-corrected chi connectivity index (χ4v) is 2.23. The lowest BCUT2D eigenvalue weighted by Gasteiger charge is -2.00. The summed E-state index contributed by atoms with van der Waals surface area (Å²) in [6, 6.07) is 0. The molecule has 0 saturated carbocycles. The molecule has 0 saturated heterocycles. The van der Waals surface area contributed by atoms with Crippen LogP contribution in [0.2, 0.25) is 0 Å². The van der Waals surface area contributed by atoms with Crippen LogP contribution in [0.1, 0.15) is 4.88 Å². The normalized spacial score (nSPS) is 10.6. The van der Waals surface area contributed by atoms with Crippen molar-refractivity contribution in [2.45, 2.75) is 17.7 Å². The molecule has 78 valence electrons. The van der Waals surface area contributed by atoms with Gasteiger partial charge in [-0.25, -0.2) is 4.98 Å². The molecule has 0 aliphatic carbocycles. The molecule has 0 atom stereocenters. The molecule has 0 aliphatic rings. The molecule has 1 aromatic heterocycles. The Morgan fingerprint density at radius 1 is 1.64 bits per heavy atom. The number of carbonyl (C=O) groups is 1. The van der Waals surface area contributed by atoms with Gasteiger partial charge in [0.25, 0.3) is 5.91 Å². The number of thioether (sulfide) groups is 1. The minimum Gasteiger partial charge on any atom is -0.305 e. The van der Waals surface area contributed by atoms with Crippen LogP contribution in [0, 0.1) is 6.92 Å². The molecule has 14 heavy (non-hydrogen) atoms. The van der Waals surface area contributed by atoms with Crippen LogP contribution >= 0.6 is 23.1 Å². The average Bonchev–Trinajstić information content (AvgIpc) is 2.47. The van der Waals surface area contributed by atoms with Crippen LogP contribution in [0.5, 0.6) is 0 Å². The Bertz CT molecular complexity index is 340. The summed E-state index contributed by atoms with van der Waals surface area (Å²) in [5.41, 5.74) is 0. The number of anilines is 1. The van der Waals surface area contributed by atoms with Crippen LogP contribution in [0.3, 0.4) is 0 Å². The van der Waals surface area contributed by atoms with Crippen molar-refractivity contribution in [3.8, 4) is 0 Å². The zero-order valence-corrected chi connectivity index (χ0v) is 9.14. The van der Waals surface area contributed by atoms with Gasteiger partial charge in [0.2, 0.25) is 0 Å². The third kappa shape index (κ3) is 2.65. The Balaban J connectivity index is 2.76. The van der Waals surface area contributed by atoms with E-state index in [9.17, 15) is 13.6 Å². The second-order valence-corrected chi connectivity index (χ2v) is 4.64. The Kier molecular flexibility index (Phi) is 3.82. The summed E-state index contributed by atoms with van der Waals surface area (Å²) in [4.78, 5) is 15.4. The Labute approximate surface area is 87.9 Å². The van der Waals surface area contributed by atoms with E-state index in [4.69, 9.17) is 0 Å². The fraction of sp³-hybridized carbons (Fsp3) is 0.429.